The third-order valence-electron chi connectivity index (χ3n) is 4.12. The van der Waals surface area contributed by atoms with Crippen molar-refractivity contribution in [1.29, 1.82) is 0 Å². The molecule has 0 radical (unpaired) electrons. The van der Waals surface area contributed by atoms with E-state index >= 15 is 0 Å². The number of halogens is 3. The molecule has 0 saturated heterocycles. The molecule has 0 spiro atoms. The van der Waals surface area contributed by atoms with Gasteiger partial charge in [0, 0.05) is 64.9 Å². The molecular weight excluding hydrogens is 465 g/mol. The van der Waals surface area contributed by atoms with Gasteiger partial charge in [-0.3, -0.25) is 0 Å². The fourth-order valence-electron chi connectivity index (χ4n) is 2.72. The number of likely N-dealkylation sites (N-methyl/N-ethyl adjacent to an activating group) is 1. The smallest absolute Gasteiger partial charge is 0.313 e. The van der Waals surface area contributed by atoms with Crippen LogP contribution in [-0.2, 0) is 0 Å². The molecule has 9 heteroatoms. The van der Waals surface area contributed by atoms with Crippen molar-refractivity contribution in [3.05, 3.63) is 49.1 Å². The molecule has 0 saturated carbocycles. The number of rotatable bonds is 7. The molecule has 142 valence electrons. The topological polar surface area (TPSA) is 69.7 Å². The van der Waals surface area contributed by atoms with E-state index in [0.29, 0.717) is 17.3 Å². The molecule has 2 N–H and O–H groups in total. The van der Waals surface area contributed by atoms with E-state index < -0.39 is 10.5 Å². The summed E-state index contributed by atoms with van der Waals surface area (Å²) in [4.78, 5) is 17.7. The highest BCUT2D eigenvalue weighted by Crippen LogP contribution is 2.27. The highest BCUT2D eigenvalue weighted by Gasteiger charge is 2.27. The van der Waals surface area contributed by atoms with Crippen LogP contribution in [0.15, 0.2) is 49.1 Å². The van der Waals surface area contributed by atoms with Gasteiger partial charge in [0.2, 0.25) is 0 Å². The average molecular weight is 484 g/mol. The number of hydrogen-bond acceptors (Lipinski definition) is 5. The summed E-state index contributed by atoms with van der Waals surface area (Å²) in [6.45, 7) is 5.36. The molecule has 0 fully saturated rings. The van der Waals surface area contributed by atoms with E-state index in [9.17, 15) is 8.78 Å². The normalized spacial score (nSPS) is 12.8. The van der Waals surface area contributed by atoms with Gasteiger partial charge in [0.25, 0.3) is 0 Å². The first-order valence-electron chi connectivity index (χ1n) is 8.23. The molecule has 0 bridgehead atoms. The molecule has 0 aromatic carbocycles. The maximum atomic E-state index is 13.2. The largest absolute Gasteiger partial charge is 0.370 e. The van der Waals surface area contributed by atoms with E-state index in [-0.39, 0.29) is 6.04 Å². The number of nitrogens with zero attached hydrogens (tertiary/aromatic N) is 4. The Labute approximate surface area is 169 Å². The third kappa shape index (κ3) is 4.71. The Bertz CT molecular complexity index is 952. The van der Waals surface area contributed by atoms with Gasteiger partial charge in [0.05, 0.1) is 12.6 Å². The molecular formula is C18H19F2IN6. The first-order valence-corrected chi connectivity index (χ1v) is 9.31. The highest BCUT2D eigenvalue weighted by atomic mass is 127. The zero-order chi connectivity index (χ0) is 19.6. The Kier molecular flexibility index (Phi) is 5.59. The first kappa shape index (κ1) is 19.5. The molecule has 0 aliphatic heterocycles. The summed E-state index contributed by atoms with van der Waals surface area (Å²) in [6.07, 6.45) is 5.18. The minimum atomic E-state index is -2.82. The van der Waals surface area contributed by atoms with E-state index in [1.54, 1.807) is 25.5 Å². The van der Waals surface area contributed by atoms with Gasteiger partial charge >= 0.3 is 3.93 Å². The number of hydrogen-bond donors (Lipinski definition) is 2. The summed E-state index contributed by atoms with van der Waals surface area (Å²) in [7, 11) is 1.59. The van der Waals surface area contributed by atoms with E-state index in [0.717, 1.165) is 39.2 Å². The Morgan fingerprint density at radius 2 is 2.15 bits per heavy atom. The van der Waals surface area contributed by atoms with Crippen LogP contribution in [-0.4, -0.2) is 48.4 Å². The lowest BCUT2D eigenvalue weighted by molar-refractivity contribution is 0.0929. The maximum absolute atomic E-state index is 13.2. The van der Waals surface area contributed by atoms with Crippen LogP contribution in [0.5, 0.6) is 0 Å². The third-order valence-corrected chi connectivity index (χ3v) is 4.46. The second kappa shape index (κ2) is 7.75. The van der Waals surface area contributed by atoms with Crippen molar-refractivity contribution >= 4 is 39.4 Å². The van der Waals surface area contributed by atoms with Crippen molar-refractivity contribution in [2.45, 2.75) is 16.9 Å². The SMILES string of the molecule is C=C([C@@H](C)Nc1ccnc(-c2c[nH]c3ncccc23)n1)N(C)CC(F)(F)I. The minimum Gasteiger partial charge on any atom is -0.370 e. The van der Waals surface area contributed by atoms with Gasteiger partial charge in [-0.25, -0.2) is 15.0 Å². The summed E-state index contributed by atoms with van der Waals surface area (Å²) in [6, 6.07) is 5.25. The van der Waals surface area contributed by atoms with Gasteiger partial charge in [-0.1, -0.05) is 6.58 Å². The van der Waals surface area contributed by atoms with Crippen LogP contribution >= 0.6 is 22.6 Å². The molecule has 3 aromatic heterocycles. The predicted octanol–water partition coefficient (Wildman–Crippen LogP) is 4.29. The molecule has 3 heterocycles. The Morgan fingerprint density at radius 1 is 1.37 bits per heavy atom. The van der Waals surface area contributed by atoms with Crippen LogP contribution in [0.4, 0.5) is 14.6 Å². The summed E-state index contributed by atoms with van der Waals surface area (Å²) in [5.41, 5.74) is 2.15. The van der Waals surface area contributed by atoms with Crippen molar-refractivity contribution in [2.24, 2.45) is 0 Å². The minimum absolute atomic E-state index is 0.277. The number of fused-ring (bicyclic) bond motifs is 1. The van der Waals surface area contributed by atoms with E-state index in [1.807, 2.05) is 25.3 Å². The summed E-state index contributed by atoms with van der Waals surface area (Å²) in [5, 5.41) is 4.12. The van der Waals surface area contributed by atoms with Crippen molar-refractivity contribution in [1.82, 2.24) is 24.8 Å². The van der Waals surface area contributed by atoms with Gasteiger partial charge in [0.15, 0.2) is 5.82 Å². The Balaban J connectivity index is 1.77. The highest BCUT2D eigenvalue weighted by molar-refractivity contribution is 14.1. The molecule has 3 aromatic rings. The number of H-pyrrole nitrogens is 1. The van der Waals surface area contributed by atoms with Gasteiger partial charge in [0.1, 0.15) is 11.5 Å². The lowest BCUT2D eigenvalue weighted by atomic mass is 10.2. The van der Waals surface area contributed by atoms with Crippen LogP contribution in [0.25, 0.3) is 22.4 Å². The van der Waals surface area contributed by atoms with Crippen LogP contribution < -0.4 is 5.32 Å². The molecule has 6 nitrogen and oxygen atoms in total. The molecule has 0 aliphatic rings. The molecule has 3 rings (SSSR count). The second-order valence-electron chi connectivity index (χ2n) is 6.20. The van der Waals surface area contributed by atoms with E-state index in [2.05, 4.69) is 31.8 Å². The summed E-state index contributed by atoms with van der Waals surface area (Å²) in [5.74, 6) is 1.13. The lowest BCUT2D eigenvalue weighted by Gasteiger charge is -2.28. The van der Waals surface area contributed by atoms with Crippen molar-refractivity contribution in [3.63, 3.8) is 0 Å². The number of anilines is 1. The number of aromatic nitrogens is 4. The van der Waals surface area contributed by atoms with Crippen molar-refractivity contribution in [2.75, 3.05) is 18.9 Å². The number of aromatic amines is 1. The fraction of sp³-hybridized carbons (Fsp3) is 0.278. The van der Waals surface area contributed by atoms with Crippen LogP contribution in [0.2, 0.25) is 0 Å². The molecule has 0 unspecified atom stereocenters. The first-order chi connectivity index (χ1) is 12.7. The van der Waals surface area contributed by atoms with Gasteiger partial charge < -0.3 is 15.2 Å². The Hall–Kier alpha value is -2.30. The summed E-state index contributed by atoms with van der Waals surface area (Å²) < 4.78 is 23.6. The second-order valence-corrected chi connectivity index (χ2v) is 7.77. The standard InChI is InChI=1S/C18H19F2IN6/c1-11(12(2)27(3)10-18(19,20)21)25-15-6-8-23-17(26-15)14-9-24-16-13(14)5-4-7-22-16/h4-9,11H,2,10H2,1,3H3,(H,22,24)(H,23,25,26)/t11-/m1/s1. The zero-order valence-electron chi connectivity index (χ0n) is 14.9. The fourth-order valence-corrected chi connectivity index (χ4v) is 3.23. The maximum Gasteiger partial charge on any atom is 0.313 e. The molecule has 0 amide bonds. The molecule has 1 atom stereocenters. The predicted molar refractivity (Wildman–Crippen MR) is 111 cm³/mol. The number of alkyl halides is 3. The lowest BCUT2D eigenvalue weighted by Crippen LogP contribution is -2.35. The van der Waals surface area contributed by atoms with E-state index in [4.69, 9.17) is 0 Å². The van der Waals surface area contributed by atoms with Gasteiger partial charge in [-0.05, 0) is 25.1 Å². The number of pyridine rings is 1. The van der Waals surface area contributed by atoms with E-state index in [1.165, 1.54) is 4.90 Å². The molecule has 0 aliphatic carbocycles. The van der Waals surface area contributed by atoms with Crippen LogP contribution in [0, 0.1) is 0 Å². The monoisotopic (exact) mass is 484 g/mol. The molecule has 27 heavy (non-hydrogen) atoms. The van der Waals surface area contributed by atoms with Crippen LogP contribution in [0.3, 0.4) is 0 Å². The zero-order valence-corrected chi connectivity index (χ0v) is 17.0. The van der Waals surface area contributed by atoms with Crippen molar-refractivity contribution < 1.29 is 8.78 Å². The quantitative estimate of drug-likeness (QED) is 0.387. The number of nitrogens with one attached hydrogen (secondary N) is 2. The average Bonchev–Trinajstić information content (AvgIpc) is 3.04. The van der Waals surface area contributed by atoms with Crippen molar-refractivity contribution in [3.8, 4) is 11.4 Å². The Morgan fingerprint density at radius 3 is 2.89 bits per heavy atom. The van der Waals surface area contributed by atoms with Gasteiger partial charge in [-0.15, -0.1) is 0 Å². The van der Waals surface area contributed by atoms with Gasteiger partial charge in [-0.2, -0.15) is 8.78 Å². The summed E-state index contributed by atoms with van der Waals surface area (Å²) >= 11 is 1.12. The van der Waals surface area contributed by atoms with Crippen LogP contribution in [0.1, 0.15) is 6.92 Å².